The predicted octanol–water partition coefficient (Wildman–Crippen LogP) is -3.26. The van der Waals surface area contributed by atoms with Gasteiger partial charge in [-0.3, -0.25) is 0 Å². The van der Waals surface area contributed by atoms with Gasteiger partial charge in [0.2, 0.25) is 0 Å². The maximum Gasteiger partial charge on any atom is 0.277 e. The lowest BCUT2D eigenvalue weighted by Gasteiger charge is -2.19. The van der Waals surface area contributed by atoms with Crippen molar-refractivity contribution < 1.29 is 45.0 Å². The molecule has 0 bridgehead atoms. The van der Waals surface area contributed by atoms with Gasteiger partial charge in [0.25, 0.3) is 17.1 Å². The molecule has 192 valence electrons. The lowest BCUT2D eigenvalue weighted by molar-refractivity contribution is -0.971. The summed E-state index contributed by atoms with van der Waals surface area (Å²) in [5.74, 6) is 0.917. The smallest absolute Gasteiger partial charge is 0.277 e. The van der Waals surface area contributed by atoms with E-state index in [0.29, 0.717) is 17.2 Å². The third kappa shape index (κ3) is 6.90. The van der Waals surface area contributed by atoms with Gasteiger partial charge in [0.15, 0.2) is 54.0 Å². The molecule has 0 atom stereocenters. The summed E-state index contributed by atoms with van der Waals surface area (Å²) in [5.41, 5.74) is 5.68. The van der Waals surface area contributed by atoms with Crippen LogP contribution in [0.4, 0.5) is 0 Å². The van der Waals surface area contributed by atoms with Crippen LogP contribution >= 0.6 is 0 Å². The van der Waals surface area contributed by atoms with E-state index in [2.05, 4.69) is 15.0 Å². The summed E-state index contributed by atoms with van der Waals surface area (Å²) in [6.07, 6.45) is 0. The Morgan fingerprint density at radius 1 is 0.500 bits per heavy atom. The van der Waals surface area contributed by atoms with Gasteiger partial charge >= 0.3 is 0 Å². The molecule has 0 aromatic carbocycles. The van der Waals surface area contributed by atoms with Gasteiger partial charge in [0, 0.05) is 39.0 Å². The van der Waals surface area contributed by atoms with E-state index in [1.165, 1.54) is 14.7 Å². The highest BCUT2D eigenvalue weighted by Crippen LogP contribution is 2.11. The van der Waals surface area contributed by atoms with E-state index in [1.807, 2.05) is 39.0 Å². The molecule has 0 amide bonds. The number of quaternary nitrogens is 3. The van der Waals surface area contributed by atoms with Crippen molar-refractivity contribution in [3.8, 4) is 17.2 Å². The van der Waals surface area contributed by atoms with Gasteiger partial charge in [0.05, 0.1) is 0 Å². The zero-order valence-electron chi connectivity index (χ0n) is 21.7. The molecule has 1 saturated heterocycles. The van der Waals surface area contributed by atoms with Crippen LogP contribution in [-0.4, -0.2) is 54.6 Å². The fourth-order valence-electron chi connectivity index (χ4n) is 5.06. The van der Waals surface area contributed by atoms with Crippen LogP contribution in [0.3, 0.4) is 0 Å². The van der Waals surface area contributed by atoms with Crippen LogP contribution in [0.25, 0.3) is 0 Å². The van der Waals surface area contributed by atoms with Crippen molar-refractivity contribution in [1.29, 1.82) is 0 Å². The molecule has 36 heavy (non-hydrogen) atoms. The Morgan fingerprint density at radius 3 is 1.00 bits per heavy atom. The molecule has 0 spiro atoms. The third-order valence-corrected chi connectivity index (χ3v) is 7.22. The first-order valence-corrected chi connectivity index (χ1v) is 12.9. The summed E-state index contributed by atoms with van der Waals surface area (Å²) >= 11 is 0. The van der Waals surface area contributed by atoms with E-state index in [9.17, 15) is 15.3 Å². The Labute approximate surface area is 212 Å². The monoisotopic (exact) mass is 498 g/mol. The molecule has 9 heteroatoms. The normalized spacial score (nSPS) is 20.9. The van der Waals surface area contributed by atoms with Gasteiger partial charge in [-0.1, -0.05) is 0 Å². The van der Waals surface area contributed by atoms with Crippen LogP contribution in [0.15, 0.2) is 36.4 Å². The number of aromatic nitrogens is 3. The molecule has 0 unspecified atom stereocenters. The van der Waals surface area contributed by atoms with E-state index in [1.54, 1.807) is 18.2 Å². The van der Waals surface area contributed by atoms with Gasteiger partial charge in [-0.05, 0) is 18.2 Å². The van der Waals surface area contributed by atoms with Crippen LogP contribution in [0.5, 0.6) is 17.2 Å². The summed E-state index contributed by atoms with van der Waals surface area (Å²) in [7, 11) is 0. The predicted molar refractivity (Wildman–Crippen MR) is 131 cm³/mol. The molecule has 0 radical (unpaired) electrons. The quantitative estimate of drug-likeness (QED) is 0.214. The highest BCUT2D eigenvalue weighted by atomic mass is 16.3. The summed E-state index contributed by atoms with van der Waals surface area (Å²) in [5, 5.41) is 31.3. The SMILES string of the molecule is Cc1ccc(O)c(C[NH+]2CC[NH+](Cc3[nH+]c(C)ccc3O)CC[NH+](Cc3[nH+]c(C)ccc3O)CC2)[nH+]1. The van der Waals surface area contributed by atoms with Crippen LogP contribution in [0.1, 0.15) is 34.2 Å². The summed E-state index contributed by atoms with van der Waals surface area (Å²) < 4.78 is 0. The number of rotatable bonds is 6. The maximum atomic E-state index is 10.4. The second-order valence-electron chi connectivity index (χ2n) is 10.3. The van der Waals surface area contributed by atoms with Crippen molar-refractivity contribution in [2.45, 2.75) is 40.4 Å². The minimum atomic E-state index is 0.306. The number of hydrogen-bond acceptors (Lipinski definition) is 3. The molecule has 3 aromatic heterocycles. The van der Waals surface area contributed by atoms with E-state index in [-0.39, 0.29) is 0 Å². The molecule has 1 aliphatic heterocycles. The highest BCUT2D eigenvalue weighted by Gasteiger charge is 2.29. The average molecular weight is 499 g/mol. The van der Waals surface area contributed by atoms with Crippen molar-refractivity contribution in [2.24, 2.45) is 0 Å². The summed E-state index contributed by atoms with van der Waals surface area (Å²) in [6.45, 7) is 13.9. The van der Waals surface area contributed by atoms with Gasteiger partial charge in [-0.25, -0.2) is 15.0 Å². The van der Waals surface area contributed by atoms with Crippen LogP contribution in [0.2, 0.25) is 0 Å². The summed E-state index contributed by atoms with van der Waals surface area (Å²) in [4.78, 5) is 14.2. The first kappa shape index (κ1) is 25.8. The standard InChI is InChI=1S/C27H36N6O3/c1-19-4-7-25(34)22(28-19)16-31-10-12-32(17-23-26(35)8-5-20(2)29-23)14-15-33(13-11-31)18-24-27(36)9-6-21(3)30-24/h4-9,34-36H,10-18H2,1-3H3/p+6. The van der Waals surface area contributed by atoms with E-state index < -0.39 is 0 Å². The first-order valence-electron chi connectivity index (χ1n) is 12.9. The van der Waals surface area contributed by atoms with Crippen molar-refractivity contribution in [3.05, 3.63) is 70.6 Å². The molecule has 4 heterocycles. The largest absolute Gasteiger partial charge is 0.502 e. The van der Waals surface area contributed by atoms with E-state index in [0.717, 1.165) is 93.1 Å². The molecule has 1 aliphatic rings. The fourth-order valence-corrected chi connectivity index (χ4v) is 5.06. The van der Waals surface area contributed by atoms with Gasteiger partial charge in [0.1, 0.15) is 39.3 Å². The number of pyridine rings is 3. The zero-order chi connectivity index (χ0) is 25.7. The second-order valence-corrected chi connectivity index (χ2v) is 10.3. The molecule has 0 aliphatic carbocycles. The zero-order valence-corrected chi connectivity index (χ0v) is 21.7. The molecule has 4 rings (SSSR count). The van der Waals surface area contributed by atoms with Gasteiger partial charge < -0.3 is 30.0 Å². The first-order chi connectivity index (χ1) is 17.3. The lowest BCUT2D eigenvalue weighted by atomic mass is 10.2. The Morgan fingerprint density at radius 2 is 0.750 bits per heavy atom. The van der Waals surface area contributed by atoms with Gasteiger partial charge in [-0.2, -0.15) is 0 Å². The van der Waals surface area contributed by atoms with Crippen LogP contribution in [0, 0.1) is 20.8 Å². The Balaban J connectivity index is 1.54. The number of aromatic amines is 3. The Bertz CT molecular complexity index is 1030. The Hall–Kier alpha value is -3.27. The fraction of sp³-hybridized carbons (Fsp3) is 0.444. The van der Waals surface area contributed by atoms with Crippen molar-refractivity contribution in [2.75, 3.05) is 39.3 Å². The molecular formula is C27H42N6O3+6. The summed E-state index contributed by atoms with van der Waals surface area (Å²) in [6, 6.07) is 11.0. The molecular weight excluding hydrogens is 456 g/mol. The minimum Gasteiger partial charge on any atom is -0.502 e. The van der Waals surface area contributed by atoms with Gasteiger partial charge in [-0.15, -0.1) is 0 Å². The number of hydrogen-bond donors (Lipinski definition) is 6. The number of aromatic hydroxyl groups is 3. The van der Waals surface area contributed by atoms with Crippen molar-refractivity contribution in [3.63, 3.8) is 0 Å². The Kier molecular flexibility index (Phi) is 8.35. The van der Waals surface area contributed by atoms with Crippen molar-refractivity contribution >= 4 is 0 Å². The third-order valence-electron chi connectivity index (χ3n) is 7.22. The number of H-pyrrole nitrogens is 3. The molecule has 9 N–H and O–H groups in total. The number of nitrogens with one attached hydrogen (secondary N) is 6. The van der Waals surface area contributed by atoms with Crippen LogP contribution < -0.4 is 29.7 Å². The topological polar surface area (TPSA) is 116 Å². The molecule has 9 nitrogen and oxygen atoms in total. The van der Waals surface area contributed by atoms with E-state index in [4.69, 9.17) is 0 Å². The number of aryl methyl sites for hydroxylation is 3. The highest BCUT2D eigenvalue weighted by molar-refractivity contribution is 5.23. The molecule has 0 saturated carbocycles. The van der Waals surface area contributed by atoms with E-state index >= 15 is 0 Å². The molecule has 1 fully saturated rings. The lowest BCUT2D eigenvalue weighted by Crippen LogP contribution is -3.19. The second kappa shape index (κ2) is 11.6. The average Bonchev–Trinajstić information content (AvgIpc) is 2.93. The van der Waals surface area contributed by atoms with Crippen molar-refractivity contribution in [1.82, 2.24) is 0 Å². The maximum absolute atomic E-state index is 10.4. The minimum absolute atomic E-state index is 0.306. The molecule has 3 aromatic rings. The van der Waals surface area contributed by atoms with Crippen LogP contribution in [-0.2, 0) is 19.6 Å².